The molecule has 2 heterocycles. The van der Waals surface area contributed by atoms with Crippen LogP contribution in [-0.4, -0.2) is 28.4 Å². The molecule has 2 atom stereocenters. The molecular formula is C13H19N3O. The van der Waals surface area contributed by atoms with Crippen LogP contribution >= 0.6 is 0 Å². The number of rotatable bonds is 3. The summed E-state index contributed by atoms with van der Waals surface area (Å²) in [7, 11) is 0. The third-order valence-corrected chi connectivity index (χ3v) is 3.16. The van der Waals surface area contributed by atoms with Gasteiger partial charge in [-0.1, -0.05) is 0 Å². The van der Waals surface area contributed by atoms with Crippen LogP contribution in [0.1, 0.15) is 37.8 Å². The Bertz CT molecular complexity index is 378. The summed E-state index contributed by atoms with van der Waals surface area (Å²) < 4.78 is 0. The molecule has 1 aromatic heterocycles. The highest BCUT2D eigenvalue weighted by molar-refractivity contribution is 5.77. The molecule has 1 aliphatic rings. The van der Waals surface area contributed by atoms with Crippen LogP contribution < -0.4 is 5.73 Å². The van der Waals surface area contributed by atoms with Gasteiger partial charge >= 0.3 is 0 Å². The Morgan fingerprint density at radius 2 is 2.29 bits per heavy atom. The number of likely N-dealkylation sites (tertiary alicyclic amines) is 1. The van der Waals surface area contributed by atoms with E-state index in [1.807, 2.05) is 24.0 Å². The van der Waals surface area contributed by atoms with Crippen molar-refractivity contribution in [3.05, 3.63) is 30.1 Å². The van der Waals surface area contributed by atoms with Crippen molar-refractivity contribution >= 4 is 5.91 Å². The van der Waals surface area contributed by atoms with Gasteiger partial charge in [0.05, 0.1) is 6.04 Å². The maximum Gasteiger partial charge on any atom is 0.224 e. The van der Waals surface area contributed by atoms with E-state index in [0.717, 1.165) is 19.4 Å². The van der Waals surface area contributed by atoms with E-state index in [1.54, 1.807) is 12.4 Å². The highest BCUT2D eigenvalue weighted by atomic mass is 16.2. The number of hydrogen-bond donors (Lipinski definition) is 1. The summed E-state index contributed by atoms with van der Waals surface area (Å²) in [4.78, 5) is 18.0. The van der Waals surface area contributed by atoms with Gasteiger partial charge < -0.3 is 10.6 Å². The van der Waals surface area contributed by atoms with E-state index in [1.165, 1.54) is 5.56 Å². The average molecular weight is 233 g/mol. The average Bonchev–Trinajstić information content (AvgIpc) is 2.78. The molecule has 2 N–H and O–H groups in total. The fraction of sp³-hybridized carbons (Fsp3) is 0.538. The molecule has 2 rings (SSSR count). The highest BCUT2D eigenvalue weighted by Crippen LogP contribution is 2.31. The van der Waals surface area contributed by atoms with Crippen LogP contribution in [-0.2, 0) is 4.79 Å². The zero-order valence-corrected chi connectivity index (χ0v) is 10.2. The van der Waals surface area contributed by atoms with E-state index in [4.69, 9.17) is 5.73 Å². The minimum atomic E-state index is -0.0683. The summed E-state index contributed by atoms with van der Waals surface area (Å²) in [5, 5.41) is 0. The summed E-state index contributed by atoms with van der Waals surface area (Å²) in [6, 6.07) is 4.12. The smallest absolute Gasteiger partial charge is 0.224 e. The van der Waals surface area contributed by atoms with Gasteiger partial charge in [0.25, 0.3) is 0 Å². The van der Waals surface area contributed by atoms with Gasteiger partial charge in [0.2, 0.25) is 5.91 Å². The van der Waals surface area contributed by atoms with Crippen molar-refractivity contribution in [1.82, 2.24) is 9.88 Å². The Morgan fingerprint density at radius 3 is 2.94 bits per heavy atom. The number of pyridine rings is 1. The van der Waals surface area contributed by atoms with Crippen LogP contribution in [0.15, 0.2) is 24.5 Å². The summed E-state index contributed by atoms with van der Waals surface area (Å²) in [5.41, 5.74) is 6.86. The third-order valence-electron chi connectivity index (χ3n) is 3.16. The Balaban J connectivity index is 2.10. The van der Waals surface area contributed by atoms with Gasteiger partial charge in [0.1, 0.15) is 0 Å². The number of amides is 1. The number of carbonyl (C=O) groups excluding carboxylic acids is 1. The molecule has 1 aromatic rings. The molecule has 4 nitrogen and oxygen atoms in total. The van der Waals surface area contributed by atoms with Crippen LogP contribution in [0, 0.1) is 0 Å². The number of aromatic nitrogens is 1. The van der Waals surface area contributed by atoms with E-state index in [9.17, 15) is 4.79 Å². The Hall–Kier alpha value is -1.42. The summed E-state index contributed by atoms with van der Waals surface area (Å²) in [6.07, 6.45) is 6.09. The molecule has 0 aromatic carbocycles. The summed E-state index contributed by atoms with van der Waals surface area (Å²) in [6.45, 7) is 2.72. The first-order valence-corrected chi connectivity index (χ1v) is 6.13. The standard InChI is InChI=1S/C13H19N3O/c1-10(14)9-13(17)16-8-2-3-12(16)11-4-6-15-7-5-11/h4-7,10,12H,2-3,8-9,14H2,1H3. The first-order chi connectivity index (χ1) is 8.18. The van der Waals surface area contributed by atoms with Crippen LogP contribution in [0.4, 0.5) is 0 Å². The SMILES string of the molecule is CC(N)CC(=O)N1CCCC1c1ccncc1. The first kappa shape index (κ1) is 12.0. The van der Waals surface area contributed by atoms with Crippen molar-refractivity contribution in [1.29, 1.82) is 0 Å². The molecule has 92 valence electrons. The minimum absolute atomic E-state index is 0.0683. The second kappa shape index (κ2) is 5.27. The molecule has 2 unspecified atom stereocenters. The lowest BCUT2D eigenvalue weighted by molar-refractivity contribution is -0.132. The lowest BCUT2D eigenvalue weighted by atomic mass is 10.1. The zero-order valence-electron chi connectivity index (χ0n) is 10.2. The van der Waals surface area contributed by atoms with Gasteiger partial charge in [-0.3, -0.25) is 9.78 Å². The number of carbonyl (C=O) groups is 1. The van der Waals surface area contributed by atoms with Gasteiger partial charge in [0.15, 0.2) is 0 Å². The van der Waals surface area contributed by atoms with Gasteiger partial charge in [0, 0.05) is 31.4 Å². The maximum absolute atomic E-state index is 12.1. The molecule has 1 saturated heterocycles. The molecule has 17 heavy (non-hydrogen) atoms. The fourth-order valence-corrected chi connectivity index (χ4v) is 2.39. The minimum Gasteiger partial charge on any atom is -0.336 e. The van der Waals surface area contributed by atoms with E-state index in [2.05, 4.69) is 4.98 Å². The lowest BCUT2D eigenvalue weighted by Crippen LogP contribution is -2.34. The van der Waals surface area contributed by atoms with E-state index >= 15 is 0 Å². The predicted octanol–water partition coefficient (Wildman–Crippen LogP) is 1.48. The molecule has 0 saturated carbocycles. The maximum atomic E-state index is 12.1. The van der Waals surface area contributed by atoms with E-state index in [0.29, 0.717) is 6.42 Å². The second-order valence-electron chi connectivity index (χ2n) is 4.71. The van der Waals surface area contributed by atoms with Crippen molar-refractivity contribution < 1.29 is 4.79 Å². The Morgan fingerprint density at radius 1 is 1.59 bits per heavy atom. The van der Waals surface area contributed by atoms with Crippen LogP contribution in [0.2, 0.25) is 0 Å². The fourth-order valence-electron chi connectivity index (χ4n) is 2.39. The van der Waals surface area contributed by atoms with Crippen LogP contribution in [0.3, 0.4) is 0 Å². The Kier molecular flexibility index (Phi) is 3.74. The molecule has 0 radical (unpaired) electrons. The largest absolute Gasteiger partial charge is 0.336 e. The molecule has 4 heteroatoms. The van der Waals surface area contributed by atoms with Gasteiger partial charge in [-0.2, -0.15) is 0 Å². The van der Waals surface area contributed by atoms with Gasteiger partial charge in [-0.25, -0.2) is 0 Å². The van der Waals surface area contributed by atoms with Crippen molar-refractivity contribution in [2.24, 2.45) is 5.73 Å². The third kappa shape index (κ3) is 2.82. The molecule has 1 amide bonds. The highest BCUT2D eigenvalue weighted by Gasteiger charge is 2.29. The van der Waals surface area contributed by atoms with Crippen molar-refractivity contribution in [2.45, 2.75) is 38.3 Å². The molecule has 0 aliphatic carbocycles. The van der Waals surface area contributed by atoms with Crippen molar-refractivity contribution in [2.75, 3.05) is 6.54 Å². The van der Waals surface area contributed by atoms with E-state index in [-0.39, 0.29) is 18.0 Å². The monoisotopic (exact) mass is 233 g/mol. The van der Waals surface area contributed by atoms with Crippen LogP contribution in [0.5, 0.6) is 0 Å². The predicted molar refractivity (Wildman–Crippen MR) is 66.2 cm³/mol. The number of hydrogen-bond acceptors (Lipinski definition) is 3. The molecule has 1 fully saturated rings. The van der Waals surface area contributed by atoms with Gasteiger partial charge in [-0.15, -0.1) is 0 Å². The molecular weight excluding hydrogens is 214 g/mol. The summed E-state index contributed by atoms with van der Waals surface area (Å²) >= 11 is 0. The van der Waals surface area contributed by atoms with E-state index < -0.39 is 0 Å². The lowest BCUT2D eigenvalue weighted by Gasteiger charge is -2.25. The van der Waals surface area contributed by atoms with Gasteiger partial charge in [-0.05, 0) is 37.5 Å². The Labute approximate surface area is 102 Å². The second-order valence-corrected chi connectivity index (χ2v) is 4.71. The van der Waals surface area contributed by atoms with Crippen LogP contribution in [0.25, 0.3) is 0 Å². The summed E-state index contributed by atoms with van der Waals surface area (Å²) in [5.74, 6) is 0.166. The molecule has 0 spiro atoms. The van der Waals surface area contributed by atoms with Crippen molar-refractivity contribution in [3.63, 3.8) is 0 Å². The molecule has 1 aliphatic heterocycles. The zero-order chi connectivity index (χ0) is 12.3. The quantitative estimate of drug-likeness (QED) is 0.860. The normalized spacial score (nSPS) is 21.5. The molecule has 0 bridgehead atoms. The van der Waals surface area contributed by atoms with Crippen molar-refractivity contribution in [3.8, 4) is 0 Å². The number of nitrogens with two attached hydrogens (primary N) is 1. The first-order valence-electron chi connectivity index (χ1n) is 6.13. The topological polar surface area (TPSA) is 59.2 Å². The number of nitrogens with zero attached hydrogens (tertiary/aromatic N) is 2.